The largest absolute Gasteiger partial charge is 0.379 e. The molecular weight excluding hydrogens is 294 g/mol. The lowest BCUT2D eigenvalue weighted by Crippen LogP contribution is -2.47. The minimum absolute atomic E-state index is 0.102. The molecule has 3 rings (SSSR count). The molecule has 0 unspecified atom stereocenters. The van der Waals surface area contributed by atoms with E-state index in [9.17, 15) is 4.79 Å². The molecule has 2 aromatic rings. The van der Waals surface area contributed by atoms with Gasteiger partial charge < -0.3 is 10.1 Å². The van der Waals surface area contributed by atoms with Crippen molar-refractivity contribution < 1.29 is 9.53 Å². The molecule has 0 bridgehead atoms. The van der Waals surface area contributed by atoms with E-state index in [1.807, 2.05) is 12.3 Å². The van der Waals surface area contributed by atoms with Crippen molar-refractivity contribution in [3.63, 3.8) is 0 Å². The molecule has 23 heavy (non-hydrogen) atoms. The van der Waals surface area contributed by atoms with Gasteiger partial charge in [0.1, 0.15) is 12.1 Å². The van der Waals surface area contributed by atoms with E-state index in [1.54, 1.807) is 29.4 Å². The average Bonchev–Trinajstić information content (AvgIpc) is 3.15. The van der Waals surface area contributed by atoms with Crippen molar-refractivity contribution in [1.29, 1.82) is 0 Å². The molecule has 1 saturated heterocycles. The SMILES string of the molecule is C[C@H](CNC(=O)c1ccc(-n2ccnc2)nc1)N1CCOCC1. The zero-order valence-electron chi connectivity index (χ0n) is 13.2. The van der Waals surface area contributed by atoms with Crippen LogP contribution in [0.1, 0.15) is 17.3 Å². The molecule has 1 fully saturated rings. The van der Waals surface area contributed by atoms with Gasteiger partial charge in [-0.15, -0.1) is 0 Å². The maximum absolute atomic E-state index is 12.2. The molecule has 7 heteroatoms. The second-order valence-electron chi connectivity index (χ2n) is 5.58. The number of amides is 1. The van der Waals surface area contributed by atoms with E-state index < -0.39 is 0 Å². The number of hydrogen-bond donors (Lipinski definition) is 1. The first-order valence-electron chi connectivity index (χ1n) is 7.78. The Morgan fingerprint density at radius 1 is 1.39 bits per heavy atom. The lowest BCUT2D eigenvalue weighted by molar-refractivity contribution is 0.0204. The van der Waals surface area contributed by atoms with Crippen LogP contribution in [0.2, 0.25) is 0 Å². The first kappa shape index (κ1) is 15.6. The van der Waals surface area contributed by atoms with Crippen LogP contribution < -0.4 is 5.32 Å². The van der Waals surface area contributed by atoms with Crippen LogP contribution in [0.3, 0.4) is 0 Å². The van der Waals surface area contributed by atoms with E-state index in [-0.39, 0.29) is 5.91 Å². The molecule has 3 heterocycles. The Labute approximate surface area is 135 Å². The maximum Gasteiger partial charge on any atom is 0.252 e. The van der Waals surface area contributed by atoms with Crippen molar-refractivity contribution in [2.75, 3.05) is 32.8 Å². The molecule has 7 nitrogen and oxygen atoms in total. The minimum atomic E-state index is -0.102. The lowest BCUT2D eigenvalue weighted by atomic mass is 10.2. The molecule has 1 atom stereocenters. The molecule has 1 N–H and O–H groups in total. The summed E-state index contributed by atoms with van der Waals surface area (Å²) in [5, 5.41) is 2.97. The van der Waals surface area contributed by atoms with Gasteiger partial charge in [0, 0.05) is 44.3 Å². The van der Waals surface area contributed by atoms with Gasteiger partial charge in [-0.2, -0.15) is 0 Å². The van der Waals surface area contributed by atoms with Crippen molar-refractivity contribution >= 4 is 5.91 Å². The van der Waals surface area contributed by atoms with Crippen LogP contribution in [0.4, 0.5) is 0 Å². The van der Waals surface area contributed by atoms with Crippen LogP contribution in [-0.4, -0.2) is 64.2 Å². The Balaban J connectivity index is 1.53. The average molecular weight is 315 g/mol. The predicted molar refractivity (Wildman–Crippen MR) is 85.5 cm³/mol. The molecule has 2 aromatic heterocycles. The fourth-order valence-corrected chi connectivity index (χ4v) is 2.56. The Morgan fingerprint density at radius 2 is 2.22 bits per heavy atom. The number of aromatic nitrogens is 3. The zero-order valence-corrected chi connectivity index (χ0v) is 13.2. The normalized spacial score (nSPS) is 16.9. The van der Waals surface area contributed by atoms with Crippen molar-refractivity contribution in [2.24, 2.45) is 0 Å². The molecule has 0 radical (unpaired) electrons. The van der Waals surface area contributed by atoms with Gasteiger partial charge in [-0.05, 0) is 19.1 Å². The third-order valence-electron chi connectivity index (χ3n) is 4.01. The van der Waals surface area contributed by atoms with Gasteiger partial charge in [-0.3, -0.25) is 14.3 Å². The fraction of sp³-hybridized carbons (Fsp3) is 0.438. The van der Waals surface area contributed by atoms with Crippen LogP contribution in [0.5, 0.6) is 0 Å². The van der Waals surface area contributed by atoms with Gasteiger partial charge >= 0.3 is 0 Å². The smallest absolute Gasteiger partial charge is 0.252 e. The Hall–Kier alpha value is -2.25. The third kappa shape index (κ3) is 3.94. The van der Waals surface area contributed by atoms with Crippen molar-refractivity contribution in [3.8, 4) is 5.82 Å². The molecule has 0 aromatic carbocycles. The number of nitrogens with zero attached hydrogens (tertiary/aromatic N) is 4. The van der Waals surface area contributed by atoms with Crippen LogP contribution in [0.15, 0.2) is 37.1 Å². The summed E-state index contributed by atoms with van der Waals surface area (Å²) in [6.45, 7) is 6.08. The van der Waals surface area contributed by atoms with Gasteiger partial charge in [-0.1, -0.05) is 0 Å². The van der Waals surface area contributed by atoms with Gasteiger partial charge in [0.25, 0.3) is 5.91 Å². The molecule has 1 amide bonds. The Morgan fingerprint density at radius 3 is 2.87 bits per heavy atom. The molecule has 0 aliphatic carbocycles. The highest BCUT2D eigenvalue weighted by atomic mass is 16.5. The second-order valence-corrected chi connectivity index (χ2v) is 5.58. The summed E-state index contributed by atoms with van der Waals surface area (Å²) in [5.41, 5.74) is 0.558. The van der Waals surface area contributed by atoms with E-state index in [1.165, 1.54) is 0 Å². The number of ether oxygens (including phenoxy) is 1. The van der Waals surface area contributed by atoms with Crippen LogP contribution in [0.25, 0.3) is 5.82 Å². The summed E-state index contributed by atoms with van der Waals surface area (Å²) in [5.74, 6) is 0.635. The highest BCUT2D eigenvalue weighted by Gasteiger charge is 2.17. The fourth-order valence-electron chi connectivity index (χ4n) is 2.56. The quantitative estimate of drug-likeness (QED) is 0.880. The van der Waals surface area contributed by atoms with E-state index in [0.717, 1.165) is 32.1 Å². The molecule has 122 valence electrons. The van der Waals surface area contributed by atoms with Crippen molar-refractivity contribution in [3.05, 3.63) is 42.6 Å². The highest BCUT2D eigenvalue weighted by Crippen LogP contribution is 2.06. The summed E-state index contributed by atoms with van der Waals surface area (Å²) in [4.78, 5) is 22.8. The standard InChI is InChI=1S/C16H21N5O2/c1-13(20-6-8-23-9-7-20)10-19-16(22)14-2-3-15(18-11-14)21-5-4-17-12-21/h2-5,11-13H,6-10H2,1H3,(H,19,22)/t13-/m1/s1. The second kappa shape index (κ2) is 7.34. The van der Waals surface area contributed by atoms with Crippen molar-refractivity contribution in [2.45, 2.75) is 13.0 Å². The first-order chi connectivity index (χ1) is 11.2. The summed E-state index contributed by atoms with van der Waals surface area (Å²) in [6.07, 6.45) is 6.76. The Bertz CT molecular complexity index is 620. The molecule has 0 spiro atoms. The molecule has 1 aliphatic heterocycles. The van der Waals surface area contributed by atoms with E-state index in [2.05, 4.69) is 27.1 Å². The number of hydrogen-bond acceptors (Lipinski definition) is 5. The van der Waals surface area contributed by atoms with Gasteiger partial charge in [-0.25, -0.2) is 9.97 Å². The summed E-state index contributed by atoms with van der Waals surface area (Å²) >= 11 is 0. The van der Waals surface area contributed by atoms with Crippen LogP contribution in [0, 0.1) is 0 Å². The topological polar surface area (TPSA) is 72.3 Å². The summed E-state index contributed by atoms with van der Waals surface area (Å²) < 4.78 is 7.14. The number of carbonyl (C=O) groups is 1. The number of carbonyl (C=O) groups excluding carboxylic acids is 1. The van der Waals surface area contributed by atoms with E-state index in [4.69, 9.17) is 4.74 Å². The minimum Gasteiger partial charge on any atom is -0.379 e. The Kier molecular flexibility index (Phi) is 4.99. The highest BCUT2D eigenvalue weighted by molar-refractivity contribution is 5.93. The lowest BCUT2D eigenvalue weighted by Gasteiger charge is -2.32. The molecule has 1 aliphatic rings. The number of nitrogens with one attached hydrogen (secondary N) is 1. The zero-order chi connectivity index (χ0) is 16.1. The van der Waals surface area contributed by atoms with Gasteiger partial charge in [0.15, 0.2) is 0 Å². The number of rotatable bonds is 5. The maximum atomic E-state index is 12.2. The number of imidazole rings is 1. The monoisotopic (exact) mass is 315 g/mol. The third-order valence-corrected chi connectivity index (χ3v) is 4.01. The van der Waals surface area contributed by atoms with Crippen LogP contribution in [-0.2, 0) is 4.74 Å². The predicted octanol–water partition coefficient (Wildman–Crippen LogP) is 0.718. The van der Waals surface area contributed by atoms with E-state index >= 15 is 0 Å². The summed E-state index contributed by atoms with van der Waals surface area (Å²) in [6, 6.07) is 3.88. The number of morpholine rings is 1. The van der Waals surface area contributed by atoms with Crippen molar-refractivity contribution in [1.82, 2.24) is 24.8 Å². The first-order valence-corrected chi connectivity index (χ1v) is 7.78. The van der Waals surface area contributed by atoms with Crippen LogP contribution >= 0.6 is 0 Å². The number of pyridine rings is 1. The summed E-state index contributed by atoms with van der Waals surface area (Å²) in [7, 11) is 0. The van der Waals surface area contributed by atoms with E-state index in [0.29, 0.717) is 18.2 Å². The molecule has 0 saturated carbocycles. The van der Waals surface area contributed by atoms with Gasteiger partial charge in [0.05, 0.1) is 18.8 Å². The molecular formula is C16H21N5O2. The van der Waals surface area contributed by atoms with Gasteiger partial charge in [0.2, 0.25) is 0 Å².